The Kier molecular flexibility index (Phi) is 15.4. The van der Waals surface area contributed by atoms with Gasteiger partial charge in [0, 0.05) is 41.6 Å². The number of ether oxygens (including phenoxy) is 2. The molecule has 0 aliphatic heterocycles. The normalized spacial score (nSPS) is 11.0. The van der Waals surface area contributed by atoms with Crippen LogP contribution in [0.2, 0.25) is 6.04 Å². The maximum absolute atomic E-state index is 9.76. The van der Waals surface area contributed by atoms with E-state index >= 15 is 0 Å². The van der Waals surface area contributed by atoms with E-state index in [-0.39, 0.29) is 6.54 Å². The molecule has 0 aliphatic carbocycles. The van der Waals surface area contributed by atoms with Crippen LogP contribution in [0.5, 0.6) is 0 Å². The molecule has 0 saturated carbocycles. The van der Waals surface area contributed by atoms with Crippen LogP contribution in [0.25, 0.3) is 0 Å². The van der Waals surface area contributed by atoms with E-state index in [4.69, 9.17) is 22.8 Å². The van der Waals surface area contributed by atoms with Crippen molar-refractivity contribution in [2.75, 3.05) is 48.6 Å². The number of isocyanates is 2. The minimum atomic E-state index is -2.46. The molecule has 0 unspecified atom stereocenters. The quantitative estimate of drug-likeness (QED) is 0.155. The Labute approximate surface area is 140 Å². The first-order chi connectivity index (χ1) is 10.9. The van der Waals surface area contributed by atoms with Gasteiger partial charge in [-0.1, -0.05) is 0 Å². The summed E-state index contributed by atoms with van der Waals surface area (Å²) in [4.78, 5) is 26.3. The fourth-order valence-corrected chi connectivity index (χ4v) is 3.23. The molecule has 23 heavy (non-hydrogen) atoms. The Morgan fingerprint density at radius 3 is 1.78 bits per heavy atom. The van der Waals surface area contributed by atoms with Crippen LogP contribution in [0.15, 0.2) is 9.98 Å². The molecule has 0 spiro atoms. The van der Waals surface area contributed by atoms with Crippen LogP contribution in [-0.2, 0) is 32.3 Å². The van der Waals surface area contributed by atoms with Crippen LogP contribution >= 0.6 is 0 Å². The molecule has 0 rings (SSSR count). The van der Waals surface area contributed by atoms with Crippen LogP contribution < -0.4 is 0 Å². The molecule has 0 radical (unpaired) electrons. The molecule has 0 N–H and O–H groups in total. The van der Waals surface area contributed by atoms with Gasteiger partial charge < -0.3 is 22.8 Å². The van der Waals surface area contributed by atoms with Crippen LogP contribution in [0.1, 0.15) is 6.42 Å². The Morgan fingerprint density at radius 2 is 1.43 bits per heavy atom. The van der Waals surface area contributed by atoms with Crippen molar-refractivity contribution in [3.63, 3.8) is 0 Å². The average Bonchev–Trinajstić information content (AvgIpc) is 2.61. The van der Waals surface area contributed by atoms with E-state index in [1.807, 2.05) is 0 Å². The SMILES string of the molecule is COC([SiH3])(CN=C=O)OC.CO[Si](CCCN=C=O)(OC)OC. The lowest BCUT2D eigenvalue weighted by Gasteiger charge is -2.23. The van der Waals surface area contributed by atoms with Crippen molar-refractivity contribution in [2.45, 2.75) is 17.9 Å². The Bertz CT molecular complexity index is 383. The molecule has 134 valence electrons. The number of nitrogens with zero attached hydrogens (tertiary/aromatic N) is 2. The summed E-state index contributed by atoms with van der Waals surface area (Å²) in [6.45, 7) is 0.671. The average molecular weight is 367 g/mol. The largest absolute Gasteiger partial charge is 0.500 e. The second-order valence-corrected chi connectivity index (χ2v) is 8.94. The number of hydrogen-bond donors (Lipinski definition) is 0. The van der Waals surface area contributed by atoms with E-state index in [1.165, 1.54) is 26.4 Å². The van der Waals surface area contributed by atoms with Crippen LogP contribution in [0, 0.1) is 0 Å². The highest BCUT2D eigenvalue weighted by atomic mass is 28.4. The van der Waals surface area contributed by atoms with Crippen molar-refractivity contribution in [3.05, 3.63) is 0 Å². The zero-order valence-electron chi connectivity index (χ0n) is 14.6. The molecule has 0 amide bonds. The van der Waals surface area contributed by atoms with Gasteiger partial charge in [0.2, 0.25) is 12.2 Å². The molecule has 0 aliphatic rings. The fraction of sp³-hybridized carbons (Fsp3) is 0.833. The summed E-state index contributed by atoms with van der Waals surface area (Å²) < 4.78 is 25.4. The Balaban J connectivity index is 0. The molecular weight excluding hydrogens is 340 g/mol. The molecular formula is C12H26N2O7Si2. The summed E-state index contributed by atoms with van der Waals surface area (Å²) in [5.74, 6) is 0. The second kappa shape index (κ2) is 14.6. The molecule has 0 aromatic carbocycles. The minimum Gasteiger partial charge on any atom is -0.377 e. The highest BCUT2D eigenvalue weighted by Crippen LogP contribution is 2.14. The Morgan fingerprint density at radius 1 is 0.957 bits per heavy atom. The molecule has 11 heteroatoms. The van der Waals surface area contributed by atoms with Gasteiger partial charge in [0.1, 0.15) is 6.54 Å². The summed E-state index contributed by atoms with van der Waals surface area (Å²) in [5, 5.41) is 0. The Hall–Kier alpha value is -1.01. The van der Waals surface area contributed by atoms with Crippen molar-refractivity contribution >= 4 is 31.2 Å². The summed E-state index contributed by atoms with van der Waals surface area (Å²) in [7, 11) is 5.93. The first kappa shape index (κ1) is 24.2. The predicted molar refractivity (Wildman–Crippen MR) is 88.9 cm³/mol. The summed E-state index contributed by atoms with van der Waals surface area (Å²) >= 11 is 0. The predicted octanol–water partition coefficient (Wildman–Crippen LogP) is -0.775. The monoisotopic (exact) mass is 366 g/mol. The van der Waals surface area contributed by atoms with Gasteiger partial charge >= 0.3 is 8.80 Å². The van der Waals surface area contributed by atoms with Crippen molar-refractivity contribution in [3.8, 4) is 0 Å². The van der Waals surface area contributed by atoms with Gasteiger partial charge in [0.25, 0.3) is 0 Å². The van der Waals surface area contributed by atoms with Gasteiger partial charge in [-0.2, -0.15) is 0 Å². The molecule has 0 aromatic rings. The standard InChI is InChI=1S/C7H15NO4Si.C5H11NO3Si/c1-10-13(11-2,12-3)6-4-5-8-7-9;1-8-5(10,9-2)3-6-4-7/h4-6H2,1-3H3;3H2,1-2,10H3. The number of hydrogen-bond acceptors (Lipinski definition) is 9. The molecule has 9 nitrogen and oxygen atoms in total. The van der Waals surface area contributed by atoms with Crippen LogP contribution in [0.4, 0.5) is 0 Å². The summed E-state index contributed by atoms with van der Waals surface area (Å²) in [6.07, 6.45) is 3.61. The number of rotatable bonds is 11. The topological polar surface area (TPSA) is 105 Å². The zero-order chi connectivity index (χ0) is 18.2. The van der Waals surface area contributed by atoms with Crippen LogP contribution in [0.3, 0.4) is 0 Å². The maximum atomic E-state index is 9.76. The van der Waals surface area contributed by atoms with E-state index in [0.717, 1.165) is 0 Å². The third-order valence-electron chi connectivity index (χ3n) is 3.04. The zero-order valence-corrected chi connectivity index (χ0v) is 17.6. The lowest BCUT2D eigenvalue weighted by atomic mass is 10.5. The molecule has 0 saturated heterocycles. The summed E-state index contributed by atoms with van der Waals surface area (Å²) in [6, 6.07) is 0.654. The van der Waals surface area contributed by atoms with Crippen molar-refractivity contribution in [1.29, 1.82) is 0 Å². The molecule has 0 fully saturated rings. The van der Waals surface area contributed by atoms with Gasteiger partial charge in [0.15, 0.2) is 5.41 Å². The van der Waals surface area contributed by atoms with Crippen molar-refractivity contribution in [2.24, 2.45) is 9.98 Å². The maximum Gasteiger partial charge on any atom is 0.500 e. The third kappa shape index (κ3) is 11.2. The molecule has 0 atom stereocenters. The van der Waals surface area contributed by atoms with Crippen molar-refractivity contribution < 1.29 is 32.3 Å². The van der Waals surface area contributed by atoms with E-state index in [0.29, 0.717) is 29.3 Å². The van der Waals surface area contributed by atoms with E-state index in [1.54, 1.807) is 21.3 Å². The van der Waals surface area contributed by atoms with Gasteiger partial charge in [-0.25, -0.2) is 19.6 Å². The smallest absolute Gasteiger partial charge is 0.377 e. The highest BCUT2D eigenvalue weighted by molar-refractivity contribution is 6.60. The lowest BCUT2D eigenvalue weighted by Crippen LogP contribution is -2.42. The molecule has 0 bridgehead atoms. The van der Waals surface area contributed by atoms with Gasteiger partial charge in [0.05, 0.1) is 16.8 Å². The molecule has 0 aromatic heterocycles. The fourth-order valence-electron chi connectivity index (χ4n) is 1.36. The van der Waals surface area contributed by atoms with Crippen molar-refractivity contribution in [1.82, 2.24) is 0 Å². The first-order valence-corrected chi connectivity index (χ1v) is 9.69. The van der Waals surface area contributed by atoms with Crippen LogP contribution in [-0.4, -0.2) is 85.3 Å². The van der Waals surface area contributed by atoms with Gasteiger partial charge in [-0.15, -0.1) is 0 Å². The first-order valence-electron chi connectivity index (χ1n) is 6.76. The second-order valence-electron chi connectivity index (χ2n) is 4.32. The van der Waals surface area contributed by atoms with E-state index in [9.17, 15) is 9.59 Å². The highest BCUT2D eigenvalue weighted by Gasteiger charge is 2.36. The van der Waals surface area contributed by atoms with Gasteiger partial charge in [-0.05, 0) is 6.42 Å². The van der Waals surface area contributed by atoms with E-state index < -0.39 is 14.2 Å². The van der Waals surface area contributed by atoms with Gasteiger partial charge in [-0.3, -0.25) is 0 Å². The molecule has 0 heterocycles. The van der Waals surface area contributed by atoms with E-state index in [2.05, 4.69) is 9.98 Å². The lowest BCUT2D eigenvalue weighted by molar-refractivity contribution is -0.133. The minimum absolute atomic E-state index is 0.232. The number of carbonyl (C=O) groups excluding carboxylic acids is 2. The third-order valence-corrected chi connectivity index (χ3v) is 7.01. The summed E-state index contributed by atoms with van der Waals surface area (Å²) in [5.41, 5.74) is -0.655. The number of aliphatic imine (C=N–C) groups is 2. The number of methoxy groups -OCH3 is 2.